The van der Waals surface area contributed by atoms with Gasteiger partial charge in [0.2, 0.25) is 0 Å². The van der Waals surface area contributed by atoms with E-state index in [9.17, 15) is 29.1 Å². The highest BCUT2D eigenvalue weighted by molar-refractivity contribution is 6.40. The van der Waals surface area contributed by atoms with Gasteiger partial charge >= 0.3 is 30.1 Å². The highest BCUT2D eigenvalue weighted by Crippen LogP contribution is 2.33. The Labute approximate surface area is 377 Å². The minimum absolute atomic E-state index is 0. The smallest absolute Gasteiger partial charge is 0.407 e. The van der Waals surface area contributed by atoms with Gasteiger partial charge in [0.15, 0.2) is 0 Å². The summed E-state index contributed by atoms with van der Waals surface area (Å²) in [6.45, 7) is 6.98. The number of alkyl halides is 2. The summed E-state index contributed by atoms with van der Waals surface area (Å²) < 4.78 is 20.7. The Morgan fingerprint density at radius 2 is 0.967 bits per heavy atom. The van der Waals surface area contributed by atoms with E-state index in [0.717, 1.165) is 62.5 Å². The second kappa shape index (κ2) is 32.8. The van der Waals surface area contributed by atoms with Crippen LogP contribution in [0.1, 0.15) is 128 Å². The maximum absolute atomic E-state index is 11.8. The zero-order chi connectivity index (χ0) is 44.7. The van der Waals surface area contributed by atoms with Crippen LogP contribution in [-0.2, 0) is 46.5 Å². The molecule has 3 aliphatic carbocycles. The van der Waals surface area contributed by atoms with E-state index < -0.39 is 18.2 Å². The Hall–Kier alpha value is -3.82. The third-order valence-electron chi connectivity index (χ3n) is 9.70. The van der Waals surface area contributed by atoms with Crippen molar-refractivity contribution in [2.45, 2.75) is 147 Å². The first-order valence-electron chi connectivity index (χ1n) is 20.6. The van der Waals surface area contributed by atoms with E-state index in [1.54, 1.807) is 0 Å². The van der Waals surface area contributed by atoms with Gasteiger partial charge < -0.3 is 45.5 Å². The van der Waals surface area contributed by atoms with Crippen molar-refractivity contribution < 1.29 is 53.1 Å². The Bertz CT molecular complexity index is 1500. The Morgan fingerprint density at radius 1 is 0.623 bits per heavy atom. The van der Waals surface area contributed by atoms with Crippen molar-refractivity contribution >= 4 is 65.7 Å². The Balaban J connectivity index is 0.000000813. The number of carboxylic acids is 1. The van der Waals surface area contributed by atoms with Gasteiger partial charge in [-0.15, -0.1) is 35.6 Å². The molecule has 61 heavy (non-hydrogen) atoms. The van der Waals surface area contributed by atoms with Crippen LogP contribution in [0.2, 0.25) is 0 Å². The lowest BCUT2D eigenvalue weighted by atomic mass is 10.1. The fourth-order valence-electron chi connectivity index (χ4n) is 6.44. The number of carboxylic acid groups (broad SMARTS) is 1. The minimum atomic E-state index is -0.955. The number of hydrogen-bond donors (Lipinski definition) is 5. The van der Waals surface area contributed by atoms with Crippen molar-refractivity contribution in [3.05, 3.63) is 71.8 Å². The summed E-state index contributed by atoms with van der Waals surface area (Å²) in [7, 11) is 0. The first kappa shape index (κ1) is 57.2. The van der Waals surface area contributed by atoms with Gasteiger partial charge in [0.05, 0.1) is 30.2 Å². The molecule has 0 atom stereocenters. The number of ether oxygens (including phenoxy) is 4. The average molecular weight is 921 g/mol. The monoisotopic (exact) mass is 919 g/mol. The van der Waals surface area contributed by atoms with E-state index in [4.69, 9.17) is 53.0 Å². The number of carbonyl (C=O) groups excluding carboxylic acids is 4. The van der Waals surface area contributed by atoms with Crippen molar-refractivity contribution in [3.63, 3.8) is 0 Å². The highest BCUT2D eigenvalue weighted by atomic mass is 35.5. The van der Waals surface area contributed by atoms with Crippen molar-refractivity contribution in [2.75, 3.05) is 25.0 Å². The summed E-state index contributed by atoms with van der Waals surface area (Å²) in [6.07, 6.45) is 12.1. The summed E-state index contributed by atoms with van der Waals surface area (Å²) in [6, 6.07) is 18.7. The molecule has 0 unspecified atom stereocenters. The van der Waals surface area contributed by atoms with Crippen molar-refractivity contribution in [1.82, 2.24) is 10.6 Å². The van der Waals surface area contributed by atoms with Crippen LogP contribution in [0.4, 0.5) is 9.59 Å². The molecule has 3 aliphatic rings. The number of carbonyl (C=O) groups is 5. The molecule has 346 valence electrons. The van der Waals surface area contributed by atoms with Crippen LogP contribution in [-0.4, -0.2) is 82.1 Å². The summed E-state index contributed by atoms with van der Waals surface area (Å²) in [5, 5.41) is 22.6. The molecule has 3 saturated carbocycles. The number of esters is 2. The first-order valence-corrected chi connectivity index (χ1v) is 21.7. The predicted molar refractivity (Wildman–Crippen MR) is 239 cm³/mol. The van der Waals surface area contributed by atoms with Crippen molar-refractivity contribution in [3.8, 4) is 0 Å². The first-order chi connectivity index (χ1) is 28.5. The Morgan fingerprint density at radius 3 is 1.30 bits per heavy atom. The van der Waals surface area contributed by atoms with Crippen molar-refractivity contribution in [1.29, 1.82) is 0 Å². The lowest BCUT2D eigenvalue weighted by Crippen LogP contribution is -2.31. The molecule has 14 nitrogen and oxygen atoms in total. The lowest BCUT2D eigenvalue weighted by molar-refractivity contribution is -0.158. The van der Waals surface area contributed by atoms with Gasteiger partial charge in [-0.2, -0.15) is 0 Å². The molecule has 5 rings (SSSR count). The van der Waals surface area contributed by atoms with Crippen molar-refractivity contribution in [2.24, 2.45) is 5.73 Å². The molecule has 17 heteroatoms. The molecule has 2 amide bonds. The van der Waals surface area contributed by atoms with Crippen LogP contribution in [0.3, 0.4) is 0 Å². The van der Waals surface area contributed by atoms with Gasteiger partial charge in [0.1, 0.15) is 24.4 Å². The molecule has 3 fully saturated rings. The highest BCUT2D eigenvalue weighted by Gasteiger charge is 2.33. The zero-order valence-corrected chi connectivity index (χ0v) is 38.3. The molecular formula is C44H68Cl3N3O11. The number of nitrogens with one attached hydrogen (secondary N) is 2. The number of nitrogens with two attached hydrogens (primary N) is 1. The molecule has 0 saturated heterocycles. The van der Waals surface area contributed by atoms with Crippen LogP contribution < -0.4 is 16.4 Å². The van der Waals surface area contributed by atoms with Crippen LogP contribution >= 0.6 is 35.6 Å². The van der Waals surface area contributed by atoms with E-state index in [2.05, 4.69) is 10.6 Å². The minimum Gasteiger partial charge on any atom is -0.481 e. The third kappa shape index (κ3) is 30.0. The number of hydrogen-bond acceptors (Lipinski definition) is 11. The fraction of sp³-hybridized carbons (Fsp3) is 0.614. The van der Waals surface area contributed by atoms with Crippen LogP contribution in [0.25, 0.3) is 0 Å². The van der Waals surface area contributed by atoms with Gasteiger partial charge in [-0.25, -0.2) is 9.59 Å². The molecule has 0 bridgehead atoms. The number of halogens is 3. The van der Waals surface area contributed by atoms with Crippen LogP contribution in [0.15, 0.2) is 60.7 Å². The standard InChI is InChI=1S/C17H23NO4.C11H13NO4.C9H17NO2.C6H12O.CH2Cl2.ClH/c1-17(10-5-6-11-17)22-15(19)9-12-18-16(20)21-13-14-7-3-2-4-8-14;13-10(14)6-7-12-11(15)16-8-9-4-2-1-3-5-9;1-9(5-2-3-6-9)12-8(11)4-7-10;1-6(7)4-2-3-5-6;2-1-3;/h2-4,7-8H,5-6,9-13H2,1H3,(H,18,20);1-5H,6-8H2,(H,12,15)(H,13,14);2-7,10H2,1H3;7H,2-5H2,1H3;1H2;1H. The number of rotatable bonds is 14. The van der Waals surface area contributed by atoms with Gasteiger partial charge in [0, 0.05) is 19.6 Å². The number of aliphatic hydroxyl groups is 1. The predicted octanol–water partition coefficient (Wildman–Crippen LogP) is 8.93. The summed E-state index contributed by atoms with van der Waals surface area (Å²) in [5.41, 5.74) is 6.25. The second-order valence-electron chi connectivity index (χ2n) is 15.5. The van der Waals surface area contributed by atoms with E-state index in [1.807, 2.05) is 81.4 Å². The largest absolute Gasteiger partial charge is 0.481 e. The number of aliphatic carboxylic acids is 1. The molecule has 0 heterocycles. The number of alkyl carbamates (subject to hydrolysis) is 2. The molecule has 0 spiro atoms. The Kier molecular flexibility index (Phi) is 30.8. The molecular weight excluding hydrogens is 853 g/mol. The summed E-state index contributed by atoms with van der Waals surface area (Å²) in [5.74, 6) is -1.38. The molecule has 0 aromatic heterocycles. The molecule has 0 radical (unpaired) electrons. The van der Waals surface area contributed by atoms with E-state index in [0.29, 0.717) is 13.0 Å². The van der Waals surface area contributed by atoms with Crippen LogP contribution in [0, 0.1) is 0 Å². The normalized spacial score (nSPS) is 15.9. The van der Waals surface area contributed by atoms with Gasteiger partial charge in [0.25, 0.3) is 0 Å². The molecule has 2 aromatic rings. The maximum Gasteiger partial charge on any atom is 0.407 e. The third-order valence-corrected chi connectivity index (χ3v) is 9.70. The quantitative estimate of drug-likeness (QED) is 0.0683. The molecule has 2 aromatic carbocycles. The van der Waals surface area contributed by atoms with E-state index >= 15 is 0 Å². The fourth-order valence-corrected chi connectivity index (χ4v) is 6.44. The topological polar surface area (TPSA) is 213 Å². The van der Waals surface area contributed by atoms with Gasteiger partial charge in [-0.3, -0.25) is 14.4 Å². The van der Waals surface area contributed by atoms with E-state index in [-0.39, 0.29) is 85.6 Å². The van der Waals surface area contributed by atoms with Gasteiger partial charge in [-0.05, 0) is 96.1 Å². The average Bonchev–Trinajstić information content (AvgIpc) is 3.95. The number of benzene rings is 2. The second-order valence-corrected chi connectivity index (χ2v) is 16.3. The van der Waals surface area contributed by atoms with E-state index in [1.165, 1.54) is 25.7 Å². The lowest BCUT2D eigenvalue weighted by Gasteiger charge is -2.24. The zero-order valence-electron chi connectivity index (χ0n) is 35.9. The molecule has 0 aliphatic heterocycles. The SMILES string of the molecule is CC1(O)CCCC1.CC1(OC(=O)CCN)CCCC1.CC1(OC(=O)CCNC(=O)OCc2ccccc2)CCCC1.Cl.ClCCl.O=C(O)CCNC(=O)OCc1ccccc1. The molecule has 6 N–H and O–H groups in total. The maximum atomic E-state index is 11.8. The summed E-state index contributed by atoms with van der Waals surface area (Å²) in [4.78, 5) is 55.6. The van der Waals surface area contributed by atoms with Crippen LogP contribution in [0.5, 0.6) is 0 Å². The van der Waals surface area contributed by atoms with Gasteiger partial charge in [-0.1, -0.05) is 73.5 Å². The summed E-state index contributed by atoms with van der Waals surface area (Å²) >= 11 is 9.53. The number of amides is 2.